The summed E-state index contributed by atoms with van der Waals surface area (Å²) < 4.78 is 25.1. The van der Waals surface area contributed by atoms with Crippen LogP contribution in [0.2, 0.25) is 0 Å². The highest BCUT2D eigenvalue weighted by atomic mass is 35.5. The van der Waals surface area contributed by atoms with Crippen molar-refractivity contribution in [1.82, 2.24) is 14.9 Å². The van der Waals surface area contributed by atoms with Crippen LogP contribution in [0.15, 0.2) is 24.3 Å². The molecule has 1 atom stereocenters. The first kappa shape index (κ1) is 26.6. The fraction of sp³-hybridized carbons (Fsp3) is 0.556. The third-order valence-electron chi connectivity index (χ3n) is 4.18. The molecule has 10 heteroatoms. The van der Waals surface area contributed by atoms with Crippen LogP contribution >= 0.6 is 24.8 Å². The first-order valence-electron chi connectivity index (χ1n) is 8.66. The number of para-hydroxylation sites is 2. The number of aromatic nitrogens is 2. The van der Waals surface area contributed by atoms with E-state index in [0.29, 0.717) is 23.8 Å². The summed E-state index contributed by atoms with van der Waals surface area (Å²) in [6, 6.07) is 7.30. The molecule has 0 fully saturated rings. The van der Waals surface area contributed by atoms with Crippen molar-refractivity contribution < 1.29 is 13.2 Å². The summed E-state index contributed by atoms with van der Waals surface area (Å²) in [5, 5.41) is 3.01. The van der Waals surface area contributed by atoms with Crippen LogP contribution in [0, 0.1) is 5.92 Å². The quantitative estimate of drug-likeness (QED) is 0.638. The van der Waals surface area contributed by atoms with Crippen LogP contribution in [-0.2, 0) is 26.9 Å². The highest BCUT2D eigenvalue weighted by Crippen LogP contribution is 2.19. The van der Waals surface area contributed by atoms with Crippen LogP contribution in [0.1, 0.15) is 33.0 Å². The number of fused-ring (bicyclic) bond motifs is 1. The first-order valence-corrected chi connectivity index (χ1v) is 10.7. The molecule has 0 aliphatic carbocycles. The van der Waals surface area contributed by atoms with Gasteiger partial charge in [0.25, 0.3) is 0 Å². The Kier molecular flexibility index (Phi) is 9.93. The topological polar surface area (TPSA) is 107 Å². The number of rotatable bonds is 8. The molecule has 1 aromatic carbocycles. The average molecular weight is 453 g/mol. The molecule has 3 N–H and O–H groups in total. The van der Waals surface area contributed by atoms with Gasteiger partial charge >= 0.3 is 0 Å². The van der Waals surface area contributed by atoms with Crippen LogP contribution in [0.3, 0.4) is 0 Å². The van der Waals surface area contributed by atoms with Crippen molar-refractivity contribution in [3.05, 3.63) is 30.1 Å². The third-order valence-corrected chi connectivity index (χ3v) is 4.96. The molecule has 1 aromatic heterocycles. The van der Waals surface area contributed by atoms with Crippen LogP contribution < -0.4 is 11.1 Å². The van der Waals surface area contributed by atoms with Gasteiger partial charge < -0.3 is 15.6 Å². The molecule has 2 rings (SSSR count). The maximum Gasteiger partial charge on any atom is 0.240 e. The van der Waals surface area contributed by atoms with Crippen molar-refractivity contribution in [2.75, 3.05) is 12.8 Å². The van der Waals surface area contributed by atoms with Crippen molar-refractivity contribution in [3.63, 3.8) is 0 Å². The Balaban J connectivity index is 0.00000364. The average Bonchev–Trinajstić information content (AvgIpc) is 2.82. The summed E-state index contributed by atoms with van der Waals surface area (Å²) in [6.07, 6.45) is 1.92. The zero-order valence-corrected chi connectivity index (χ0v) is 19.1. The van der Waals surface area contributed by atoms with Gasteiger partial charge in [-0.25, -0.2) is 13.4 Å². The monoisotopic (exact) mass is 452 g/mol. The van der Waals surface area contributed by atoms with E-state index in [0.717, 1.165) is 18.2 Å². The molecule has 1 unspecified atom stereocenters. The maximum atomic E-state index is 12.7. The summed E-state index contributed by atoms with van der Waals surface area (Å²) >= 11 is 0. The third kappa shape index (κ3) is 7.24. The van der Waals surface area contributed by atoms with Crippen LogP contribution in [0.5, 0.6) is 0 Å². The van der Waals surface area contributed by atoms with Crippen molar-refractivity contribution >= 4 is 51.6 Å². The Morgan fingerprint density at radius 3 is 2.43 bits per heavy atom. The van der Waals surface area contributed by atoms with Crippen molar-refractivity contribution in [2.45, 2.75) is 45.0 Å². The Morgan fingerprint density at radius 1 is 1.29 bits per heavy atom. The molecular formula is C18H30Cl2N4O3S. The number of carbonyl (C=O) groups is 1. The minimum atomic E-state index is -3.27. The SMILES string of the molecule is CC(C)CC(C)(CN)NC(=O)Cn1c(CS(C)(=O)=O)nc2ccccc21.Cl.Cl. The van der Waals surface area contributed by atoms with Crippen molar-refractivity contribution in [1.29, 1.82) is 0 Å². The lowest BCUT2D eigenvalue weighted by atomic mass is 9.91. The number of nitrogens with two attached hydrogens (primary N) is 1. The molecule has 160 valence electrons. The Bertz CT molecular complexity index is 899. The van der Waals surface area contributed by atoms with Gasteiger partial charge in [-0.05, 0) is 31.4 Å². The van der Waals surface area contributed by atoms with Gasteiger partial charge in [0.15, 0.2) is 9.84 Å². The Labute approximate surface area is 179 Å². The number of carbonyl (C=O) groups excluding carboxylic acids is 1. The maximum absolute atomic E-state index is 12.7. The molecule has 0 radical (unpaired) electrons. The van der Waals surface area contributed by atoms with Gasteiger partial charge in [0.1, 0.15) is 18.1 Å². The van der Waals surface area contributed by atoms with E-state index in [1.165, 1.54) is 0 Å². The van der Waals surface area contributed by atoms with E-state index in [9.17, 15) is 13.2 Å². The number of benzene rings is 1. The fourth-order valence-electron chi connectivity index (χ4n) is 3.25. The van der Waals surface area contributed by atoms with E-state index < -0.39 is 15.4 Å². The molecule has 0 saturated heterocycles. The highest BCUT2D eigenvalue weighted by molar-refractivity contribution is 7.89. The molecule has 0 aliphatic heterocycles. The second kappa shape index (κ2) is 10.4. The number of amides is 1. The van der Waals surface area contributed by atoms with Crippen molar-refractivity contribution in [3.8, 4) is 0 Å². The number of sulfone groups is 1. The zero-order chi connectivity index (χ0) is 19.5. The minimum Gasteiger partial charge on any atom is -0.348 e. The molecular weight excluding hydrogens is 423 g/mol. The minimum absolute atomic E-state index is 0. The lowest BCUT2D eigenvalue weighted by Gasteiger charge is -2.31. The van der Waals surface area contributed by atoms with Gasteiger partial charge in [-0.2, -0.15) is 0 Å². The molecule has 0 spiro atoms. The number of imidazole rings is 1. The van der Waals surface area contributed by atoms with E-state index in [1.54, 1.807) is 10.6 Å². The largest absolute Gasteiger partial charge is 0.348 e. The first-order chi connectivity index (χ1) is 12.0. The molecule has 7 nitrogen and oxygen atoms in total. The van der Waals surface area contributed by atoms with Gasteiger partial charge in [-0.15, -0.1) is 24.8 Å². The summed E-state index contributed by atoms with van der Waals surface area (Å²) in [5.74, 6) is 0.326. The molecule has 2 aromatic rings. The lowest BCUT2D eigenvalue weighted by molar-refractivity contribution is -0.123. The summed E-state index contributed by atoms with van der Waals surface area (Å²) in [6.45, 7) is 6.41. The second-order valence-corrected chi connectivity index (χ2v) is 9.72. The molecule has 0 bridgehead atoms. The Morgan fingerprint density at radius 2 is 1.89 bits per heavy atom. The number of halogens is 2. The van der Waals surface area contributed by atoms with E-state index >= 15 is 0 Å². The lowest BCUT2D eigenvalue weighted by Crippen LogP contribution is -2.53. The number of hydrogen-bond donors (Lipinski definition) is 2. The van der Waals surface area contributed by atoms with Gasteiger partial charge in [-0.1, -0.05) is 26.0 Å². The van der Waals surface area contributed by atoms with Gasteiger partial charge in [0, 0.05) is 18.3 Å². The summed E-state index contributed by atoms with van der Waals surface area (Å²) in [7, 11) is -3.27. The summed E-state index contributed by atoms with van der Waals surface area (Å²) in [4.78, 5) is 17.1. The van der Waals surface area contributed by atoms with Gasteiger partial charge in [-0.3, -0.25) is 4.79 Å². The van der Waals surface area contributed by atoms with Crippen molar-refractivity contribution in [2.24, 2.45) is 11.7 Å². The number of nitrogens with zero attached hydrogens (tertiary/aromatic N) is 2. The molecule has 0 aliphatic rings. The summed E-state index contributed by atoms with van der Waals surface area (Å²) in [5.41, 5.74) is 6.77. The highest BCUT2D eigenvalue weighted by Gasteiger charge is 2.26. The van der Waals surface area contributed by atoms with E-state index in [4.69, 9.17) is 5.73 Å². The number of nitrogens with one attached hydrogen (secondary N) is 1. The van der Waals surface area contributed by atoms with E-state index in [1.807, 2.05) is 25.1 Å². The predicted molar refractivity (Wildman–Crippen MR) is 118 cm³/mol. The second-order valence-electron chi connectivity index (χ2n) is 7.58. The standard InChI is InChI=1S/C18H28N4O3S.2ClH/c1-13(2)9-18(3,12-19)21-17(23)10-22-15-8-6-5-7-14(15)20-16(22)11-26(4,24)25;;/h5-8,13H,9-12,19H2,1-4H3,(H,21,23);2*1H. The van der Waals surface area contributed by atoms with Crippen LogP contribution in [0.25, 0.3) is 11.0 Å². The number of hydrogen-bond acceptors (Lipinski definition) is 5. The molecule has 28 heavy (non-hydrogen) atoms. The fourth-order valence-corrected chi connectivity index (χ4v) is 3.94. The van der Waals surface area contributed by atoms with Gasteiger partial charge in [0.05, 0.1) is 11.0 Å². The van der Waals surface area contributed by atoms with Gasteiger partial charge in [0.2, 0.25) is 5.91 Å². The zero-order valence-electron chi connectivity index (χ0n) is 16.6. The predicted octanol–water partition coefficient (Wildman–Crippen LogP) is 2.30. The molecule has 1 amide bonds. The molecule has 1 heterocycles. The smallest absolute Gasteiger partial charge is 0.240 e. The van der Waals surface area contributed by atoms with Crippen LogP contribution in [-0.4, -0.2) is 42.2 Å². The molecule has 0 saturated carbocycles. The normalized spacial score (nSPS) is 13.5. The van der Waals surface area contributed by atoms with E-state index in [-0.39, 0.29) is 43.0 Å². The van der Waals surface area contributed by atoms with E-state index in [2.05, 4.69) is 24.1 Å². The Hall–Kier alpha value is -1.35. The van der Waals surface area contributed by atoms with Crippen LogP contribution in [0.4, 0.5) is 0 Å².